The van der Waals surface area contributed by atoms with Gasteiger partial charge in [-0.25, -0.2) is 4.98 Å². The summed E-state index contributed by atoms with van der Waals surface area (Å²) in [6, 6.07) is 5.93. The Balaban J connectivity index is 1.94. The molecule has 1 aliphatic rings. The molecule has 4 nitrogen and oxygen atoms in total. The van der Waals surface area contributed by atoms with Gasteiger partial charge in [-0.05, 0) is 36.6 Å². The van der Waals surface area contributed by atoms with Crippen LogP contribution in [-0.4, -0.2) is 36.2 Å². The van der Waals surface area contributed by atoms with Crippen molar-refractivity contribution in [2.45, 2.75) is 19.9 Å². The number of hydrogen-bond acceptors (Lipinski definition) is 4. The Hall–Kier alpha value is -1.44. The maximum atomic E-state index is 8.84. The van der Waals surface area contributed by atoms with E-state index < -0.39 is 0 Å². The molecule has 1 aromatic heterocycles. The molecule has 1 atom stereocenters. The third-order valence-corrected chi connectivity index (χ3v) is 3.33. The highest BCUT2D eigenvalue weighted by atomic mass is 16.5. The van der Waals surface area contributed by atoms with Gasteiger partial charge in [0.1, 0.15) is 11.8 Å². The van der Waals surface area contributed by atoms with Crippen molar-refractivity contribution in [3.05, 3.63) is 29.6 Å². The minimum Gasteiger partial charge on any atom is -0.381 e. The third-order valence-electron chi connectivity index (χ3n) is 3.33. The van der Waals surface area contributed by atoms with Crippen molar-refractivity contribution >= 4 is 0 Å². The molecule has 4 heteroatoms. The summed E-state index contributed by atoms with van der Waals surface area (Å²) in [6.45, 7) is 6.92. The first kappa shape index (κ1) is 13.0. The molecule has 18 heavy (non-hydrogen) atoms. The number of nitrogens with zero attached hydrogens (tertiary/aromatic N) is 3. The van der Waals surface area contributed by atoms with E-state index in [2.05, 4.69) is 22.9 Å². The van der Waals surface area contributed by atoms with Crippen LogP contribution in [0.2, 0.25) is 0 Å². The van der Waals surface area contributed by atoms with Crippen LogP contribution in [0, 0.1) is 17.2 Å². The van der Waals surface area contributed by atoms with Crippen molar-refractivity contribution in [2.24, 2.45) is 5.92 Å². The summed E-state index contributed by atoms with van der Waals surface area (Å²) in [4.78, 5) is 6.39. The van der Waals surface area contributed by atoms with E-state index in [9.17, 15) is 0 Å². The number of nitriles is 1. The fourth-order valence-electron chi connectivity index (χ4n) is 2.29. The van der Waals surface area contributed by atoms with E-state index >= 15 is 0 Å². The van der Waals surface area contributed by atoms with Crippen LogP contribution in [0.15, 0.2) is 18.3 Å². The van der Waals surface area contributed by atoms with Gasteiger partial charge in [0.05, 0.1) is 6.61 Å². The molecule has 0 spiro atoms. The molecule has 0 aliphatic carbocycles. The van der Waals surface area contributed by atoms with Crippen LogP contribution in [0.4, 0.5) is 0 Å². The van der Waals surface area contributed by atoms with Crippen LogP contribution in [0.5, 0.6) is 0 Å². The smallest absolute Gasteiger partial charge is 0.140 e. The summed E-state index contributed by atoms with van der Waals surface area (Å²) in [6.07, 6.45) is 2.87. The van der Waals surface area contributed by atoms with Crippen LogP contribution in [0.25, 0.3) is 0 Å². The fourth-order valence-corrected chi connectivity index (χ4v) is 2.29. The predicted octanol–water partition coefficient (Wildman–Crippen LogP) is 1.81. The van der Waals surface area contributed by atoms with Gasteiger partial charge in [-0.15, -0.1) is 0 Å². The maximum absolute atomic E-state index is 8.84. The number of aromatic nitrogens is 1. The molecule has 0 N–H and O–H groups in total. The monoisotopic (exact) mass is 245 g/mol. The van der Waals surface area contributed by atoms with Crippen LogP contribution >= 0.6 is 0 Å². The molecule has 2 rings (SSSR count). The first-order valence-electron chi connectivity index (χ1n) is 6.47. The quantitative estimate of drug-likeness (QED) is 0.794. The Kier molecular flexibility index (Phi) is 4.68. The van der Waals surface area contributed by atoms with Gasteiger partial charge in [0.15, 0.2) is 0 Å². The van der Waals surface area contributed by atoms with Gasteiger partial charge in [-0.1, -0.05) is 6.92 Å². The molecule has 1 aliphatic heterocycles. The summed E-state index contributed by atoms with van der Waals surface area (Å²) < 4.78 is 5.41. The normalized spacial score (nSPS) is 19.1. The van der Waals surface area contributed by atoms with E-state index in [0.717, 1.165) is 44.8 Å². The Bertz CT molecular complexity index is 421. The van der Waals surface area contributed by atoms with Crippen molar-refractivity contribution in [2.75, 3.05) is 26.3 Å². The second-order valence-electron chi connectivity index (χ2n) is 4.72. The molecular formula is C14H19N3O. The zero-order valence-corrected chi connectivity index (χ0v) is 10.8. The zero-order valence-electron chi connectivity index (χ0n) is 10.8. The van der Waals surface area contributed by atoms with Gasteiger partial charge in [0.25, 0.3) is 0 Å². The van der Waals surface area contributed by atoms with E-state index in [1.165, 1.54) is 0 Å². The minimum atomic E-state index is 0.493. The highest BCUT2D eigenvalue weighted by molar-refractivity contribution is 5.25. The summed E-state index contributed by atoms with van der Waals surface area (Å²) in [5.74, 6) is 0.655. The Morgan fingerprint density at radius 3 is 3.17 bits per heavy atom. The molecule has 1 saturated heterocycles. The second-order valence-corrected chi connectivity index (χ2v) is 4.72. The number of pyridine rings is 1. The fraction of sp³-hybridized carbons (Fsp3) is 0.571. The van der Waals surface area contributed by atoms with Gasteiger partial charge in [0.2, 0.25) is 0 Å². The van der Waals surface area contributed by atoms with Crippen molar-refractivity contribution in [3.63, 3.8) is 0 Å². The number of rotatable bonds is 5. The van der Waals surface area contributed by atoms with Crippen molar-refractivity contribution in [1.29, 1.82) is 5.26 Å². The lowest BCUT2D eigenvalue weighted by atomic mass is 10.1. The summed E-state index contributed by atoms with van der Waals surface area (Å²) in [5.41, 5.74) is 1.65. The summed E-state index contributed by atoms with van der Waals surface area (Å²) in [7, 11) is 0. The molecule has 0 unspecified atom stereocenters. The molecule has 0 saturated carbocycles. The molecular weight excluding hydrogens is 226 g/mol. The predicted molar refractivity (Wildman–Crippen MR) is 68.8 cm³/mol. The Morgan fingerprint density at radius 2 is 2.50 bits per heavy atom. The first-order valence-corrected chi connectivity index (χ1v) is 6.47. The summed E-state index contributed by atoms with van der Waals surface area (Å²) >= 11 is 0. The van der Waals surface area contributed by atoms with Crippen molar-refractivity contribution in [3.8, 4) is 6.07 Å². The molecule has 0 bridgehead atoms. The topological polar surface area (TPSA) is 49.2 Å². The van der Waals surface area contributed by atoms with Gasteiger partial charge < -0.3 is 4.74 Å². The molecule has 1 aromatic rings. The number of hydrogen-bond donors (Lipinski definition) is 0. The SMILES string of the molecule is CCN(Cc1ccnc(C#N)c1)C[C@H]1CCOC1. The Labute approximate surface area is 108 Å². The van der Waals surface area contributed by atoms with Gasteiger partial charge in [0, 0.05) is 25.9 Å². The van der Waals surface area contributed by atoms with Gasteiger partial charge in [-0.2, -0.15) is 5.26 Å². The molecule has 96 valence electrons. The van der Waals surface area contributed by atoms with E-state index in [0.29, 0.717) is 11.6 Å². The maximum Gasteiger partial charge on any atom is 0.140 e. The lowest BCUT2D eigenvalue weighted by Crippen LogP contribution is -2.29. The average Bonchev–Trinajstić information content (AvgIpc) is 2.91. The lowest BCUT2D eigenvalue weighted by Gasteiger charge is -2.23. The van der Waals surface area contributed by atoms with Crippen molar-refractivity contribution < 1.29 is 4.74 Å². The molecule has 0 aromatic carbocycles. The highest BCUT2D eigenvalue weighted by Crippen LogP contribution is 2.15. The first-order chi connectivity index (χ1) is 8.81. The minimum absolute atomic E-state index is 0.493. The summed E-state index contributed by atoms with van der Waals surface area (Å²) in [5, 5.41) is 8.84. The van der Waals surface area contributed by atoms with Gasteiger partial charge in [-0.3, -0.25) is 4.90 Å². The van der Waals surface area contributed by atoms with Gasteiger partial charge >= 0.3 is 0 Å². The molecule has 2 heterocycles. The van der Waals surface area contributed by atoms with E-state index in [1.54, 1.807) is 6.20 Å². The second kappa shape index (κ2) is 6.48. The Morgan fingerprint density at radius 1 is 1.61 bits per heavy atom. The van der Waals surface area contributed by atoms with Crippen LogP contribution in [0.1, 0.15) is 24.6 Å². The van der Waals surface area contributed by atoms with E-state index in [-0.39, 0.29) is 0 Å². The van der Waals surface area contributed by atoms with Crippen LogP contribution in [-0.2, 0) is 11.3 Å². The van der Waals surface area contributed by atoms with E-state index in [4.69, 9.17) is 10.00 Å². The largest absolute Gasteiger partial charge is 0.381 e. The zero-order chi connectivity index (χ0) is 12.8. The average molecular weight is 245 g/mol. The molecule has 1 fully saturated rings. The third kappa shape index (κ3) is 3.52. The lowest BCUT2D eigenvalue weighted by molar-refractivity contribution is 0.167. The highest BCUT2D eigenvalue weighted by Gasteiger charge is 2.18. The molecule has 0 radical (unpaired) electrons. The number of ether oxygens (including phenoxy) is 1. The van der Waals surface area contributed by atoms with Crippen LogP contribution in [0.3, 0.4) is 0 Å². The molecule has 0 amide bonds. The van der Waals surface area contributed by atoms with Crippen molar-refractivity contribution in [1.82, 2.24) is 9.88 Å². The standard InChI is InChI=1S/C14H19N3O/c1-2-17(10-13-4-6-18-11-13)9-12-3-5-16-14(7-12)8-15/h3,5,7,13H,2,4,6,9-11H2,1H3/t13-/m1/s1. The van der Waals surface area contributed by atoms with E-state index in [1.807, 2.05) is 12.1 Å². The van der Waals surface area contributed by atoms with Crippen LogP contribution < -0.4 is 0 Å².